The molecule has 5 nitrogen and oxygen atoms in total. The Morgan fingerprint density at radius 2 is 2.19 bits per heavy atom. The summed E-state index contributed by atoms with van der Waals surface area (Å²) in [4.78, 5) is 14.9. The topological polar surface area (TPSA) is 64.2 Å². The molecule has 2 N–H and O–H groups in total. The van der Waals surface area contributed by atoms with E-state index in [1.54, 1.807) is 10.9 Å². The molecule has 1 aliphatic heterocycles. The van der Waals surface area contributed by atoms with Gasteiger partial charge in [0.25, 0.3) is 5.56 Å². The van der Waals surface area contributed by atoms with Crippen molar-refractivity contribution in [2.75, 3.05) is 18.0 Å². The summed E-state index contributed by atoms with van der Waals surface area (Å²) in [6, 6.07) is 0.123. The Hall–Kier alpha value is -0.880. The molecule has 6 heteroatoms. The number of anilines is 1. The zero-order chi connectivity index (χ0) is 15.0. The standard InChI is InChI=1S/C15H23BrN4O/c1-10-5-6-19(9-13(10)17)14-12(16)7-18-20(15(14)21)8-11-3-2-4-11/h7,10-11,13H,2-6,8-9,17H2,1H3. The smallest absolute Gasteiger partial charge is 0.291 e. The number of nitrogens with zero attached hydrogens (tertiary/aromatic N) is 3. The van der Waals surface area contributed by atoms with E-state index in [2.05, 4.69) is 32.9 Å². The fourth-order valence-electron chi connectivity index (χ4n) is 3.10. The van der Waals surface area contributed by atoms with E-state index < -0.39 is 0 Å². The molecular formula is C15H23BrN4O. The molecule has 1 aliphatic carbocycles. The number of hydrogen-bond acceptors (Lipinski definition) is 4. The van der Waals surface area contributed by atoms with E-state index in [0.717, 1.165) is 36.2 Å². The fraction of sp³-hybridized carbons (Fsp3) is 0.733. The molecule has 2 atom stereocenters. The summed E-state index contributed by atoms with van der Waals surface area (Å²) in [5, 5.41) is 4.29. The molecule has 116 valence electrons. The highest BCUT2D eigenvalue weighted by molar-refractivity contribution is 9.10. The van der Waals surface area contributed by atoms with Crippen molar-refractivity contribution in [1.29, 1.82) is 0 Å². The molecule has 0 spiro atoms. The Morgan fingerprint density at radius 1 is 1.43 bits per heavy atom. The Labute approximate surface area is 133 Å². The molecule has 0 bridgehead atoms. The average molecular weight is 355 g/mol. The minimum atomic E-state index is 0.0121. The van der Waals surface area contributed by atoms with Gasteiger partial charge in [0.2, 0.25) is 0 Å². The van der Waals surface area contributed by atoms with Crippen LogP contribution in [0.4, 0.5) is 5.69 Å². The second kappa shape index (κ2) is 6.08. The lowest BCUT2D eigenvalue weighted by molar-refractivity contribution is 0.261. The molecule has 3 rings (SSSR count). The largest absolute Gasteiger partial charge is 0.364 e. The highest BCUT2D eigenvalue weighted by Crippen LogP contribution is 2.29. The predicted molar refractivity (Wildman–Crippen MR) is 87.5 cm³/mol. The number of hydrogen-bond donors (Lipinski definition) is 1. The molecule has 0 radical (unpaired) electrons. The van der Waals surface area contributed by atoms with E-state index in [1.807, 2.05) is 0 Å². The summed E-state index contributed by atoms with van der Waals surface area (Å²) in [6.07, 6.45) is 6.48. The first-order valence-corrected chi connectivity index (χ1v) is 8.61. The Kier molecular flexibility index (Phi) is 4.36. The summed E-state index contributed by atoms with van der Waals surface area (Å²) in [5.41, 5.74) is 6.91. The maximum absolute atomic E-state index is 12.7. The van der Waals surface area contributed by atoms with Crippen LogP contribution in [0.5, 0.6) is 0 Å². The van der Waals surface area contributed by atoms with Gasteiger partial charge in [-0.1, -0.05) is 13.3 Å². The maximum Gasteiger partial charge on any atom is 0.291 e. The minimum Gasteiger partial charge on any atom is -0.364 e. The van der Waals surface area contributed by atoms with E-state index in [9.17, 15) is 4.79 Å². The van der Waals surface area contributed by atoms with Crippen LogP contribution in [0.25, 0.3) is 0 Å². The third-order valence-electron chi connectivity index (χ3n) is 4.96. The van der Waals surface area contributed by atoms with Crippen LogP contribution in [-0.2, 0) is 6.54 Å². The molecular weight excluding hydrogens is 332 g/mol. The van der Waals surface area contributed by atoms with Gasteiger partial charge in [0.1, 0.15) is 5.69 Å². The van der Waals surface area contributed by atoms with Crippen LogP contribution >= 0.6 is 15.9 Å². The van der Waals surface area contributed by atoms with E-state index in [0.29, 0.717) is 11.8 Å². The van der Waals surface area contributed by atoms with Crippen molar-refractivity contribution in [1.82, 2.24) is 9.78 Å². The van der Waals surface area contributed by atoms with Crippen LogP contribution in [0.15, 0.2) is 15.5 Å². The molecule has 2 fully saturated rings. The van der Waals surface area contributed by atoms with Gasteiger partial charge in [-0.15, -0.1) is 0 Å². The van der Waals surface area contributed by atoms with Gasteiger partial charge in [-0.25, -0.2) is 4.68 Å². The number of piperidine rings is 1. The quantitative estimate of drug-likeness (QED) is 0.901. The molecule has 2 unspecified atom stereocenters. The summed E-state index contributed by atoms with van der Waals surface area (Å²) in [7, 11) is 0. The normalized spacial score (nSPS) is 26.7. The number of aromatic nitrogens is 2. The van der Waals surface area contributed by atoms with E-state index in [-0.39, 0.29) is 11.6 Å². The molecule has 0 aromatic carbocycles. The lowest BCUT2D eigenvalue weighted by atomic mass is 9.85. The summed E-state index contributed by atoms with van der Waals surface area (Å²) in [5.74, 6) is 1.13. The molecule has 2 aliphatic rings. The van der Waals surface area contributed by atoms with Gasteiger partial charge in [0, 0.05) is 25.7 Å². The Balaban J connectivity index is 1.86. The van der Waals surface area contributed by atoms with E-state index in [4.69, 9.17) is 5.73 Å². The third-order valence-corrected chi connectivity index (χ3v) is 5.54. The van der Waals surface area contributed by atoms with Crippen LogP contribution in [0, 0.1) is 11.8 Å². The monoisotopic (exact) mass is 354 g/mol. The third kappa shape index (κ3) is 3.01. The average Bonchev–Trinajstić information content (AvgIpc) is 2.40. The van der Waals surface area contributed by atoms with Crippen LogP contribution in [-0.4, -0.2) is 28.9 Å². The summed E-state index contributed by atoms with van der Waals surface area (Å²) < 4.78 is 2.41. The molecule has 1 aromatic heterocycles. The van der Waals surface area contributed by atoms with E-state index >= 15 is 0 Å². The Bertz CT molecular complexity index is 569. The molecule has 2 heterocycles. The highest BCUT2D eigenvalue weighted by Gasteiger charge is 2.27. The van der Waals surface area contributed by atoms with Crippen LogP contribution in [0.2, 0.25) is 0 Å². The van der Waals surface area contributed by atoms with Gasteiger partial charge >= 0.3 is 0 Å². The van der Waals surface area contributed by atoms with Crippen LogP contribution in [0.3, 0.4) is 0 Å². The predicted octanol–water partition coefficient (Wildman–Crippen LogP) is 1.98. The van der Waals surface area contributed by atoms with Crippen molar-refractivity contribution < 1.29 is 0 Å². The van der Waals surface area contributed by atoms with Crippen molar-refractivity contribution >= 4 is 21.6 Å². The SMILES string of the molecule is CC1CCN(c2c(Br)cnn(CC3CCC3)c2=O)CC1N. The maximum atomic E-state index is 12.7. The van der Waals surface area contributed by atoms with Crippen LogP contribution < -0.4 is 16.2 Å². The molecule has 1 aromatic rings. The summed E-state index contributed by atoms with van der Waals surface area (Å²) >= 11 is 3.49. The first kappa shape index (κ1) is 15.0. The Morgan fingerprint density at radius 3 is 2.81 bits per heavy atom. The lowest BCUT2D eigenvalue weighted by Gasteiger charge is -2.36. The first-order chi connectivity index (χ1) is 10.1. The second-order valence-electron chi connectivity index (χ2n) is 6.50. The second-order valence-corrected chi connectivity index (χ2v) is 7.36. The fourth-order valence-corrected chi connectivity index (χ4v) is 3.61. The van der Waals surface area contributed by atoms with Crippen molar-refractivity contribution in [2.45, 2.75) is 45.2 Å². The number of halogens is 1. The van der Waals surface area contributed by atoms with Gasteiger partial charge in [0.05, 0.1) is 10.7 Å². The van der Waals surface area contributed by atoms with Gasteiger partial charge in [-0.2, -0.15) is 5.10 Å². The summed E-state index contributed by atoms with van der Waals surface area (Å²) in [6.45, 7) is 4.55. The lowest BCUT2D eigenvalue weighted by Crippen LogP contribution is -2.49. The van der Waals surface area contributed by atoms with Crippen molar-refractivity contribution in [2.24, 2.45) is 17.6 Å². The van der Waals surface area contributed by atoms with Crippen LogP contribution in [0.1, 0.15) is 32.6 Å². The highest BCUT2D eigenvalue weighted by atomic mass is 79.9. The van der Waals surface area contributed by atoms with Gasteiger partial charge < -0.3 is 10.6 Å². The van der Waals surface area contributed by atoms with Gasteiger partial charge in [-0.3, -0.25) is 4.79 Å². The zero-order valence-corrected chi connectivity index (χ0v) is 14.1. The molecule has 1 saturated carbocycles. The van der Waals surface area contributed by atoms with Crippen molar-refractivity contribution in [3.63, 3.8) is 0 Å². The zero-order valence-electron chi connectivity index (χ0n) is 12.5. The molecule has 0 amide bonds. The van der Waals surface area contributed by atoms with Gasteiger partial charge in [-0.05, 0) is 47.0 Å². The van der Waals surface area contributed by atoms with E-state index in [1.165, 1.54) is 19.3 Å². The van der Waals surface area contributed by atoms with Crippen molar-refractivity contribution in [3.8, 4) is 0 Å². The number of nitrogens with two attached hydrogens (primary N) is 1. The minimum absolute atomic E-state index is 0.0121. The molecule has 1 saturated heterocycles. The first-order valence-electron chi connectivity index (χ1n) is 7.82. The number of rotatable bonds is 3. The van der Waals surface area contributed by atoms with Crippen molar-refractivity contribution in [3.05, 3.63) is 21.0 Å². The molecule has 21 heavy (non-hydrogen) atoms. The van der Waals surface area contributed by atoms with Gasteiger partial charge in [0.15, 0.2) is 0 Å².